The topological polar surface area (TPSA) is 47.8 Å². The van der Waals surface area contributed by atoms with Crippen molar-refractivity contribution < 1.29 is 0 Å². The van der Waals surface area contributed by atoms with Crippen LogP contribution in [-0.4, -0.2) is 24.4 Å². The Hall–Kier alpha value is -1.18. The predicted octanol–water partition coefficient (Wildman–Crippen LogP) is 3.22. The molecule has 1 aliphatic rings. The van der Waals surface area contributed by atoms with Gasteiger partial charge in [0.05, 0.1) is 11.3 Å². The number of thioether (sulfide) groups is 1. The van der Waals surface area contributed by atoms with E-state index in [1.54, 1.807) is 11.8 Å². The van der Waals surface area contributed by atoms with E-state index in [4.69, 9.17) is 0 Å². The Morgan fingerprint density at radius 2 is 2.16 bits per heavy atom. The van der Waals surface area contributed by atoms with Gasteiger partial charge in [-0.3, -0.25) is 0 Å². The van der Waals surface area contributed by atoms with Gasteiger partial charge in [-0.1, -0.05) is 13.0 Å². The Bertz CT molecular complexity index is 473. The summed E-state index contributed by atoms with van der Waals surface area (Å²) in [6.07, 6.45) is 2.17. The van der Waals surface area contributed by atoms with Crippen molar-refractivity contribution in [3.05, 3.63) is 23.8 Å². The van der Waals surface area contributed by atoms with E-state index in [9.17, 15) is 5.26 Å². The summed E-state index contributed by atoms with van der Waals surface area (Å²) in [5.74, 6) is 0.985. The first-order valence-corrected chi connectivity index (χ1v) is 7.82. The third kappa shape index (κ3) is 3.43. The van der Waals surface area contributed by atoms with E-state index in [2.05, 4.69) is 30.6 Å². The lowest BCUT2D eigenvalue weighted by Crippen LogP contribution is -2.45. The Balaban J connectivity index is 2.24. The van der Waals surface area contributed by atoms with Gasteiger partial charge in [0.25, 0.3) is 0 Å². The van der Waals surface area contributed by atoms with E-state index in [0.29, 0.717) is 0 Å². The summed E-state index contributed by atoms with van der Waals surface area (Å²) in [6.45, 7) is 6.43. The molecular formula is C15H21N3S. The molecule has 102 valence electrons. The zero-order valence-electron chi connectivity index (χ0n) is 11.6. The first-order valence-electron chi connectivity index (χ1n) is 6.83. The van der Waals surface area contributed by atoms with Crippen LogP contribution in [0.4, 0.5) is 5.69 Å². The lowest BCUT2D eigenvalue weighted by Gasteiger charge is -2.36. The largest absolute Gasteiger partial charge is 0.379 e. The molecular weight excluding hydrogens is 254 g/mol. The summed E-state index contributed by atoms with van der Waals surface area (Å²) < 4.78 is 0. The minimum Gasteiger partial charge on any atom is -0.379 e. The normalized spacial score (nSPS) is 17.7. The monoisotopic (exact) mass is 275 g/mol. The van der Waals surface area contributed by atoms with Crippen molar-refractivity contribution in [1.29, 1.82) is 5.26 Å². The second kappa shape index (κ2) is 6.31. The van der Waals surface area contributed by atoms with Gasteiger partial charge in [0.1, 0.15) is 6.07 Å². The van der Waals surface area contributed by atoms with Crippen LogP contribution < -0.4 is 10.6 Å². The molecule has 1 fully saturated rings. The highest BCUT2D eigenvalue weighted by atomic mass is 32.2. The summed E-state index contributed by atoms with van der Waals surface area (Å²) in [6, 6.07) is 8.44. The summed E-state index contributed by atoms with van der Waals surface area (Å²) in [7, 11) is 0. The van der Waals surface area contributed by atoms with Crippen LogP contribution in [0.2, 0.25) is 0 Å². The van der Waals surface area contributed by atoms with E-state index in [0.717, 1.165) is 47.8 Å². The maximum absolute atomic E-state index is 9.42. The highest BCUT2D eigenvalue weighted by molar-refractivity contribution is 7.99. The number of anilines is 1. The average Bonchev–Trinajstić information content (AvgIpc) is 2.40. The highest BCUT2D eigenvalue weighted by Crippen LogP contribution is 2.31. The molecule has 4 heteroatoms. The van der Waals surface area contributed by atoms with Crippen molar-refractivity contribution >= 4 is 17.4 Å². The van der Waals surface area contributed by atoms with Crippen LogP contribution in [0.3, 0.4) is 0 Å². The first kappa shape index (κ1) is 14.2. The molecule has 0 bridgehead atoms. The van der Waals surface area contributed by atoms with Gasteiger partial charge in [-0.05, 0) is 50.7 Å². The second-order valence-electron chi connectivity index (χ2n) is 5.16. The molecule has 1 aromatic carbocycles. The van der Waals surface area contributed by atoms with Crippen molar-refractivity contribution in [2.24, 2.45) is 0 Å². The highest BCUT2D eigenvalue weighted by Gasteiger charge is 2.27. The van der Waals surface area contributed by atoms with Crippen LogP contribution in [0.5, 0.6) is 0 Å². The molecule has 1 aromatic rings. The van der Waals surface area contributed by atoms with Crippen LogP contribution in [0, 0.1) is 11.3 Å². The Morgan fingerprint density at radius 1 is 1.42 bits per heavy atom. The zero-order chi connectivity index (χ0) is 13.7. The molecule has 2 N–H and O–H groups in total. The van der Waals surface area contributed by atoms with Gasteiger partial charge in [-0.15, -0.1) is 11.8 Å². The average molecular weight is 275 g/mol. The standard InChI is InChI=1S/C15H21N3S/c1-3-19-14-6-4-5-13(12(14)11-16)18-15(2)7-9-17-10-8-15/h4-6,17-18H,3,7-10H2,1-2H3. The van der Waals surface area contributed by atoms with Gasteiger partial charge < -0.3 is 10.6 Å². The number of nitrogens with one attached hydrogen (secondary N) is 2. The molecule has 2 rings (SSSR count). The molecule has 0 aliphatic carbocycles. The predicted molar refractivity (Wildman–Crippen MR) is 81.7 cm³/mol. The maximum atomic E-state index is 9.42. The third-order valence-corrected chi connectivity index (χ3v) is 4.52. The number of rotatable bonds is 4. The first-order chi connectivity index (χ1) is 9.18. The van der Waals surface area contributed by atoms with Crippen molar-refractivity contribution in [1.82, 2.24) is 5.32 Å². The van der Waals surface area contributed by atoms with Gasteiger partial charge in [0, 0.05) is 10.4 Å². The fourth-order valence-corrected chi connectivity index (χ4v) is 3.24. The van der Waals surface area contributed by atoms with Crippen LogP contribution in [-0.2, 0) is 0 Å². The van der Waals surface area contributed by atoms with Gasteiger partial charge in [-0.25, -0.2) is 0 Å². The quantitative estimate of drug-likeness (QED) is 0.828. The molecule has 1 heterocycles. The fraction of sp³-hybridized carbons (Fsp3) is 0.533. The summed E-state index contributed by atoms with van der Waals surface area (Å²) in [4.78, 5) is 1.08. The van der Waals surface area contributed by atoms with E-state index in [-0.39, 0.29) is 5.54 Å². The van der Waals surface area contributed by atoms with Crippen LogP contribution in [0.25, 0.3) is 0 Å². The number of nitriles is 1. The molecule has 0 radical (unpaired) electrons. The minimum absolute atomic E-state index is 0.0896. The van der Waals surface area contributed by atoms with E-state index < -0.39 is 0 Å². The summed E-state index contributed by atoms with van der Waals surface area (Å²) >= 11 is 1.73. The van der Waals surface area contributed by atoms with Crippen LogP contribution in [0.1, 0.15) is 32.3 Å². The zero-order valence-corrected chi connectivity index (χ0v) is 12.4. The van der Waals surface area contributed by atoms with Crippen molar-refractivity contribution in [3.8, 4) is 6.07 Å². The number of benzene rings is 1. The molecule has 0 aromatic heterocycles. The van der Waals surface area contributed by atoms with Crippen molar-refractivity contribution in [3.63, 3.8) is 0 Å². The molecule has 0 atom stereocenters. The lowest BCUT2D eigenvalue weighted by molar-refractivity contribution is 0.365. The minimum atomic E-state index is 0.0896. The van der Waals surface area contributed by atoms with E-state index in [1.807, 2.05) is 18.2 Å². The molecule has 0 unspecified atom stereocenters. The number of piperidine rings is 1. The Kier molecular flexibility index (Phi) is 4.73. The summed E-state index contributed by atoms with van der Waals surface area (Å²) in [5.41, 5.74) is 1.85. The second-order valence-corrected chi connectivity index (χ2v) is 6.47. The van der Waals surface area contributed by atoms with Gasteiger partial charge >= 0.3 is 0 Å². The van der Waals surface area contributed by atoms with E-state index >= 15 is 0 Å². The van der Waals surface area contributed by atoms with Gasteiger partial charge in [0.15, 0.2) is 0 Å². The molecule has 19 heavy (non-hydrogen) atoms. The van der Waals surface area contributed by atoms with Crippen LogP contribution in [0.15, 0.2) is 23.1 Å². The number of hydrogen-bond acceptors (Lipinski definition) is 4. The van der Waals surface area contributed by atoms with Crippen molar-refractivity contribution in [2.45, 2.75) is 37.1 Å². The van der Waals surface area contributed by atoms with Gasteiger partial charge in [-0.2, -0.15) is 5.26 Å². The maximum Gasteiger partial charge on any atom is 0.102 e. The fourth-order valence-electron chi connectivity index (χ4n) is 2.46. The van der Waals surface area contributed by atoms with Gasteiger partial charge in [0.2, 0.25) is 0 Å². The Labute approximate surface area is 119 Å². The molecule has 3 nitrogen and oxygen atoms in total. The van der Waals surface area contributed by atoms with Crippen molar-refractivity contribution in [2.75, 3.05) is 24.2 Å². The molecule has 0 spiro atoms. The molecule has 1 saturated heterocycles. The number of hydrogen-bond donors (Lipinski definition) is 2. The summed E-state index contributed by atoms with van der Waals surface area (Å²) in [5, 5.41) is 16.4. The lowest BCUT2D eigenvalue weighted by atomic mass is 9.90. The molecule has 1 aliphatic heterocycles. The van der Waals surface area contributed by atoms with Crippen LogP contribution >= 0.6 is 11.8 Å². The smallest absolute Gasteiger partial charge is 0.102 e. The SMILES string of the molecule is CCSc1cccc(NC2(C)CCNCC2)c1C#N. The third-order valence-electron chi connectivity index (χ3n) is 3.58. The number of nitrogens with zero attached hydrogens (tertiary/aromatic N) is 1. The van der Waals surface area contributed by atoms with E-state index in [1.165, 1.54) is 0 Å². The Morgan fingerprint density at radius 3 is 2.79 bits per heavy atom. The molecule has 0 saturated carbocycles. The molecule has 0 amide bonds.